The molecule has 2 N–H and O–H groups in total. The van der Waals surface area contributed by atoms with Crippen molar-refractivity contribution in [2.45, 2.75) is 25.9 Å². The molecule has 1 aliphatic heterocycles. The van der Waals surface area contributed by atoms with Crippen molar-refractivity contribution >= 4 is 12.0 Å². The van der Waals surface area contributed by atoms with E-state index in [0.717, 1.165) is 6.42 Å². The maximum atomic E-state index is 11.8. The summed E-state index contributed by atoms with van der Waals surface area (Å²) in [5.41, 5.74) is 1.29. The summed E-state index contributed by atoms with van der Waals surface area (Å²) in [6.07, 6.45) is 2.30. The highest BCUT2D eigenvalue weighted by molar-refractivity contribution is 5.74. The molecule has 1 aliphatic rings. The smallest absolute Gasteiger partial charge is 0.317 e. The van der Waals surface area contributed by atoms with Crippen LogP contribution in [0.2, 0.25) is 0 Å². The number of hydrogen-bond donors (Lipinski definition) is 2. The Labute approximate surface area is 107 Å². The van der Waals surface area contributed by atoms with Gasteiger partial charge in [-0.25, -0.2) is 4.79 Å². The van der Waals surface area contributed by atoms with Crippen molar-refractivity contribution in [2.75, 3.05) is 26.7 Å². The largest absolute Gasteiger partial charge is 0.481 e. The molecular formula is C12H20N2O4. The molecule has 1 atom stereocenters. The minimum absolute atomic E-state index is 0.115. The van der Waals surface area contributed by atoms with Gasteiger partial charge in [0.2, 0.25) is 0 Å². The number of nitrogens with zero attached hydrogens (tertiary/aromatic N) is 1. The summed E-state index contributed by atoms with van der Waals surface area (Å²) in [6, 6.07) is -0.175. The maximum Gasteiger partial charge on any atom is 0.317 e. The number of rotatable bonds is 5. The molecule has 0 spiro atoms. The molecule has 0 fully saturated rings. The van der Waals surface area contributed by atoms with Gasteiger partial charge in [-0.05, 0) is 13.3 Å². The summed E-state index contributed by atoms with van der Waals surface area (Å²) in [5.74, 6) is -0.937. The summed E-state index contributed by atoms with van der Waals surface area (Å²) in [5, 5.41) is 11.3. The average Bonchev–Trinajstić information content (AvgIpc) is 2.34. The van der Waals surface area contributed by atoms with Crippen LogP contribution in [0.1, 0.15) is 19.8 Å². The van der Waals surface area contributed by atoms with Crippen LogP contribution in [0, 0.1) is 0 Å². The van der Waals surface area contributed by atoms with E-state index in [0.29, 0.717) is 13.1 Å². The van der Waals surface area contributed by atoms with E-state index in [9.17, 15) is 9.59 Å². The number of carboxylic acid groups (broad SMARTS) is 1. The van der Waals surface area contributed by atoms with Crippen molar-refractivity contribution in [1.82, 2.24) is 10.2 Å². The summed E-state index contributed by atoms with van der Waals surface area (Å²) in [7, 11) is 1.44. The molecule has 0 aliphatic carbocycles. The fraction of sp³-hybridized carbons (Fsp3) is 0.667. The molecule has 0 aromatic heterocycles. The molecule has 0 aromatic rings. The average molecular weight is 256 g/mol. The van der Waals surface area contributed by atoms with Crippen LogP contribution >= 0.6 is 0 Å². The molecule has 2 amide bonds. The first kappa shape index (κ1) is 14.5. The number of carbonyl (C=O) groups is 2. The molecule has 1 heterocycles. The van der Waals surface area contributed by atoms with E-state index in [1.165, 1.54) is 12.7 Å². The van der Waals surface area contributed by atoms with Gasteiger partial charge in [0.1, 0.15) is 0 Å². The third-order valence-electron chi connectivity index (χ3n) is 2.94. The highest BCUT2D eigenvalue weighted by atomic mass is 16.5. The zero-order valence-corrected chi connectivity index (χ0v) is 10.8. The van der Waals surface area contributed by atoms with Gasteiger partial charge < -0.3 is 20.1 Å². The molecular weight excluding hydrogens is 236 g/mol. The molecule has 0 radical (unpaired) electrons. The first-order valence-corrected chi connectivity index (χ1v) is 5.96. The Morgan fingerprint density at radius 3 is 2.83 bits per heavy atom. The van der Waals surface area contributed by atoms with E-state index in [1.54, 1.807) is 4.90 Å². The minimum Gasteiger partial charge on any atom is -0.481 e. The highest BCUT2D eigenvalue weighted by Gasteiger charge is 2.18. The van der Waals surface area contributed by atoms with E-state index in [2.05, 4.69) is 5.32 Å². The van der Waals surface area contributed by atoms with Gasteiger partial charge in [-0.1, -0.05) is 11.6 Å². The SMILES string of the molecule is COC(CNC(=O)N1CC=C(C)CC1)CC(=O)O. The van der Waals surface area contributed by atoms with Crippen LogP contribution in [0.3, 0.4) is 0 Å². The Balaban J connectivity index is 2.34. The van der Waals surface area contributed by atoms with Crippen LogP contribution in [0.25, 0.3) is 0 Å². The number of aliphatic carboxylic acids is 1. The highest BCUT2D eigenvalue weighted by Crippen LogP contribution is 2.09. The van der Waals surface area contributed by atoms with Crippen LogP contribution in [0.5, 0.6) is 0 Å². The number of carboxylic acids is 1. The Morgan fingerprint density at radius 2 is 2.33 bits per heavy atom. The topological polar surface area (TPSA) is 78.9 Å². The molecule has 0 saturated heterocycles. The standard InChI is InChI=1S/C12H20N2O4/c1-9-3-5-14(6-4-9)12(17)13-8-10(18-2)7-11(15)16/h3,10H,4-8H2,1-2H3,(H,13,17)(H,15,16). The zero-order valence-electron chi connectivity index (χ0n) is 10.8. The monoisotopic (exact) mass is 256 g/mol. The second-order valence-corrected chi connectivity index (χ2v) is 4.39. The lowest BCUT2D eigenvalue weighted by atomic mass is 10.1. The van der Waals surface area contributed by atoms with Crippen molar-refractivity contribution in [2.24, 2.45) is 0 Å². The summed E-state index contributed by atoms with van der Waals surface area (Å²) < 4.78 is 4.99. The van der Waals surface area contributed by atoms with Gasteiger partial charge in [0.15, 0.2) is 0 Å². The molecule has 0 bridgehead atoms. The molecule has 6 nitrogen and oxygen atoms in total. The minimum atomic E-state index is -0.937. The van der Waals surface area contributed by atoms with Gasteiger partial charge in [-0.2, -0.15) is 0 Å². The number of methoxy groups -OCH3 is 1. The molecule has 102 valence electrons. The van der Waals surface area contributed by atoms with Crippen molar-refractivity contribution in [3.05, 3.63) is 11.6 Å². The summed E-state index contributed by atoms with van der Waals surface area (Å²) in [6.45, 7) is 3.56. The van der Waals surface area contributed by atoms with Crippen molar-refractivity contribution in [1.29, 1.82) is 0 Å². The number of nitrogens with one attached hydrogen (secondary N) is 1. The van der Waals surface area contributed by atoms with E-state index in [1.807, 2.05) is 13.0 Å². The Hall–Kier alpha value is -1.56. The van der Waals surface area contributed by atoms with E-state index < -0.39 is 12.1 Å². The van der Waals surface area contributed by atoms with E-state index >= 15 is 0 Å². The van der Waals surface area contributed by atoms with Gasteiger partial charge in [0.05, 0.1) is 12.5 Å². The zero-order chi connectivity index (χ0) is 13.5. The lowest BCUT2D eigenvalue weighted by Crippen LogP contribution is -2.45. The Morgan fingerprint density at radius 1 is 1.61 bits per heavy atom. The van der Waals surface area contributed by atoms with Crippen LogP contribution in [0.4, 0.5) is 4.79 Å². The van der Waals surface area contributed by atoms with Crippen LogP contribution in [-0.4, -0.2) is 54.9 Å². The number of hydrogen-bond acceptors (Lipinski definition) is 3. The van der Waals surface area contributed by atoms with Gasteiger partial charge in [0, 0.05) is 26.7 Å². The summed E-state index contributed by atoms with van der Waals surface area (Å²) in [4.78, 5) is 24.0. The quantitative estimate of drug-likeness (QED) is 0.714. The molecule has 0 aromatic carbocycles. The number of ether oxygens (including phenoxy) is 1. The van der Waals surface area contributed by atoms with Gasteiger partial charge in [-0.15, -0.1) is 0 Å². The van der Waals surface area contributed by atoms with Crippen LogP contribution in [-0.2, 0) is 9.53 Å². The lowest BCUT2D eigenvalue weighted by molar-refractivity contribution is -0.139. The molecule has 6 heteroatoms. The van der Waals surface area contributed by atoms with Crippen molar-refractivity contribution < 1.29 is 19.4 Å². The predicted molar refractivity (Wildman–Crippen MR) is 66.4 cm³/mol. The first-order valence-electron chi connectivity index (χ1n) is 5.96. The normalized spacial score (nSPS) is 17.0. The van der Waals surface area contributed by atoms with E-state index in [4.69, 9.17) is 9.84 Å². The third kappa shape index (κ3) is 4.75. The number of urea groups is 1. The Bertz CT molecular complexity index is 341. The fourth-order valence-electron chi connectivity index (χ4n) is 1.70. The predicted octanol–water partition coefficient (Wildman–Crippen LogP) is 0.838. The molecule has 18 heavy (non-hydrogen) atoms. The number of amides is 2. The lowest BCUT2D eigenvalue weighted by Gasteiger charge is -2.26. The second kappa shape index (κ2) is 7.00. The third-order valence-corrected chi connectivity index (χ3v) is 2.94. The van der Waals surface area contributed by atoms with E-state index in [-0.39, 0.29) is 19.0 Å². The van der Waals surface area contributed by atoms with Crippen molar-refractivity contribution in [3.8, 4) is 0 Å². The maximum absolute atomic E-state index is 11.8. The van der Waals surface area contributed by atoms with Gasteiger partial charge in [-0.3, -0.25) is 4.79 Å². The summed E-state index contributed by atoms with van der Waals surface area (Å²) >= 11 is 0. The Kier molecular flexibility index (Phi) is 5.64. The molecule has 1 unspecified atom stereocenters. The van der Waals surface area contributed by atoms with Crippen LogP contribution in [0.15, 0.2) is 11.6 Å². The first-order chi connectivity index (χ1) is 8.52. The molecule has 1 rings (SSSR count). The van der Waals surface area contributed by atoms with Crippen molar-refractivity contribution in [3.63, 3.8) is 0 Å². The van der Waals surface area contributed by atoms with Gasteiger partial charge >= 0.3 is 12.0 Å². The number of carbonyl (C=O) groups excluding carboxylic acids is 1. The van der Waals surface area contributed by atoms with Crippen LogP contribution < -0.4 is 5.32 Å². The molecule has 0 saturated carbocycles. The fourth-order valence-corrected chi connectivity index (χ4v) is 1.70. The second-order valence-electron chi connectivity index (χ2n) is 4.39. The van der Waals surface area contributed by atoms with Gasteiger partial charge in [0.25, 0.3) is 0 Å².